The van der Waals surface area contributed by atoms with E-state index >= 15 is 0 Å². The summed E-state index contributed by atoms with van der Waals surface area (Å²) in [5.41, 5.74) is 0.397. The van der Waals surface area contributed by atoms with E-state index in [9.17, 15) is 19.7 Å². The highest BCUT2D eigenvalue weighted by Crippen LogP contribution is 2.24. The SMILES string of the molecule is Cc1nn(CC(=O)N2CSCC2C(=O)O)c(C)c1[N+](=O)[O-]. The van der Waals surface area contributed by atoms with Crippen LogP contribution in [0.4, 0.5) is 5.69 Å². The second-order valence-electron chi connectivity index (χ2n) is 4.65. The third-order valence-electron chi connectivity index (χ3n) is 3.30. The van der Waals surface area contributed by atoms with Crippen molar-refractivity contribution >= 4 is 29.3 Å². The number of thioether (sulfide) groups is 1. The first-order chi connectivity index (χ1) is 9.82. The van der Waals surface area contributed by atoms with Gasteiger partial charge < -0.3 is 10.0 Å². The number of carboxylic acid groups (broad SMARTS) is 1. The standard InChI is InChI=1S/C11H14N4O5S/c1-6-10(15(19)20)7(2)14(12-6)3-9(16)13-5-21-4-8(13)11(17)18/h8H,3-5H2,1-2H3,(H,17,18). The van der Waals surface area contributed by atoms with Gasteiger partial charge >= 0.3 is 11.7 Å². The number of aliphatic carboxylic acids is 1. The van der Waals surface area contributed by atoms with E-state index in [0.29, 0.717) is 11.6 Å². The maximum Gasteiger partial charge on any atom is 0.327 e. The molecule has 1 N–H and O–H groups in total. The van der Waals surface area contributed by atoms with E-state index in [1.807, 2.05) is 0 Å². The molecule has 9 nitrogen and oxygen atoms in total. The quantitative estimate of drug-likeness (QED) is 0.631. The van der Waals surface area contributed by atoms with Gasteiger partial charge in [0.05, 0.1) is 10.8 Å². The third-order valence-corrected chi connectivity index (χ3v) is 4.31. The van der Waals surface area contributed by atoms with Crippen LogP contribution < -0.4 is 0 Å². The Labute approximate surface area is 124 Å². The number of nitrogens with zero attached hydrogens (tertiary/aromatic N) is 4. The highest BCUT2D eigenvalue weighted by atomic mass is 32.2. The van der Waals surface area contributed by atoms with Gasteiger partial charge in [0.25, 0.3) is 0 Å². The number of carboxylic acids is 1. The lowest BCUT2D eigenvalue weighted by molar-refractivity contribution is -0.386. The fourth-order valence-corrected chi connectivity index (χ4v) is 3.39. The summed E-state index contributed by atoms with van der Waals surface area (Å²) in [5.74, 6) is -0.809. The van der Waals surface area contributed by atoms with E-state index in [1.165, 1.54) is 35.2 Å². The van der Waals surface area contributed by atoms with Gasteiger partial charge in [-0.1, -0.05) is 0 Å². The molecule has 2 rings (SSSR count). The predicted molar refractivity (Wildman–Crippen MR) is 74.0 cm³/mol. The number of aryl methyl sites for hydroxylation is 1. The van der Waals surface area contributed by atoms with E-state index in [4.69, 9.17) is 5.11 Å². The summed E-state index contributed by atoms with van der Waals surface area (Å²) in [6.07, 6.45) is 0. The zero-order valence-corrected chi connectivity index (χ0v) is 12.3. The molecule has 1 fully saturated rings. The van der Waals surface area contributed by atoms with Gasteiger partial charge in [-0.3, -0.25) is 19.6 Å². The van der Waals surface area contributed by atoms with Gasteiger partial charge in [-0.25, -0.2) is 4.79 Å². The summed E-state index contributed by atoms with van der Waals surface area (Å²) in [6, 6.07) is -0.852. The van der Waals surface area contributed by atoms with Crippen LogP contribution in [-0.4, -0.2) is 54.3 Å². The first-order valence-corrected chi connectivity index (χ1v) is 7.26. The highest BCUT2D eigenvalue weighted by Gasteiger charge is 2.35. The number of carbonyl (C=O) groups excluding carboxylic acids is 1. The first-order valence-electron chi connectivity index (χ1n) is 6.11. The fraction of sp³-hybridized carbons (Fsp3) is 0.545. The van der Waals surface area contributed by atoms with Crippen molar-refractivity contribution in [3.63, 3.8) is 0 Å². The van der Waals surface area contributed by atoms with E-state index in [-0.39, 0.29) is 23.6 Å². The van der Waals surface area contributed by atoms with Crippen molar-refractivity contribution in [1.29, 1.82) is 0 Å². The molecule has 2 heterocycles. The van der Waals surface area contributed by atoms with Crippen molar-refractivity contribution in [2.45, 2.75) is 26.4 Å². The van der Waals surface area contributed by atoms with Crippen LogP contribution in [0.5, 0.6) is 0 Å². The van der Waals surface area contributed by atoms with Gasteiger partial charge in [0.1, 0.15) is 24.0 Å². The van der Waals surface area contributed by atoms with E-state index < -0.39 is 22.8 Å². The molecule has 1 unspecified atom stereocenters. The van der Waals surface area contributed by atoms with Crippen LogP contribution in [0.3, 0.4) is 0 Å². The van der Waals surface area contributed by atoms with E-state index in [2.05, 4.69) is 5.10 Å². The van der Waals surface area contributed by atoms with Gasteiger partial charge in [-0.15, -0.1) is 11.8 Å². The summed E-state index contributed by atoms with van der Waals surface area (Å²) in [4.78, 5) is 34.9. The molecule has 1 aliphatic rings. The molecule has 1 aromatic rings. The van der Waals surface area contributed by atoms with Gasteiger partial charge in [-0.05, 0) is 13.8 Å². The Kier molecular flexibility index (Phi) is 4.16. The van der Waals surface area contributed by atoms with Crippen molar-refractivity contribution < 1.29 is 19.6 Å². The average molecular weight is 314 g/mol. The second-order valence-corrected chi connectivity index (χ2v) is 5.65. The number of aromatic nitrogens is 2. The molecule has 0 bridgehead atoms. The molecule has 0 aliphatic carbocycles. The van der Waals surface area contributed by atoms with Crippen molar-refractivity contribution in [2.75, 3.05) is 11.6 Å². The Morgan fingerprint density at radius 3 is 2.71 bits per heavy atom. The number of amides is 1. The summed E-state index contributed by atoms with van der Waals surface area (Å²) in [5, 5.41) is 24.0. The molecule has 0 aromatic carbocycles. The minimum atomic E-state index is -1.05. The highest BCUT2D eigenvalue weighted by molar-refractivity contribution is 7.99. The van der Waals surface area contributed by atoms with E-state index in [1.54, 1.807) is 0 Å². The van der Waals surface area contributed by atoms with Gasteiger partial charge in [-0.2, -0.15) is 5.10 Å². The molecule has 114 valence electrons. The molecule has 0 spiro atoms. The van der Waals surface area contributed by atoms with Crippen LogP contribution in [0.15, 0.2) is 0 Å². The first kappa shape index (κ1) is 15.3. The fourth-order valence-electron chi connectivity index (χ4n) is 2.22. The molecule has 1 aromatic heterocycles. The largest absolute Gasteiger partial charge is 0.480 e. The molecular formula is C11H14N4O5S. The molecule has 1 saturated heterocycles. The lowest BCUT2D eigenvalue weighted by atomic mass is 10.3. The monoisotopic (exact) mass is 314 g/mol. The zero-order valence-electron chi connectivity index (χ0n) is 11.5. The lowest BCUT2D eigenvalue weighted by Gasteiger charge is -2.20. The maximum atomic E-state index is 12.2. The third kappa shape index (κ3) is 2.84. The predicted octanol–water partition coefficient (Wildman–Crippen LogP) is 0.394. The molecule has 10 heteroatoms. The number of rotatable bonds is 4. The molecule has 1 atom stereocenters. The number of nitro groups is 1. The lowest BCUT2D eigenvalue weighted by Crippen LogP contribution is -2.43. The Hall–Kier alpha value is -2.10. The van der Waals surface area contributed by atoms with Crippen LogP contribution in [0, 0.1) is 24.0 Å². The van der Waals surface area contributed by atoms with Crippen molar-refractivity contribution in [3.8, 4) is 0 Å². The maximum absolute atomic E-state index is 12.2. The van der Waals surface area contributed by atoms with Crippen molar-refractivity contribution in [2.24, 2.45) is 0 Å². The number of hydrogen-bond acceptors (Lipinski definition) is 6. The van der Waals surface area contributed by atoms with Crippen LogP contribution in [0.1, 0.15) is 11.4 Å². The smallest absolute Gasteiger partial charge is 0.327 e. The molecule has 0 saturated carbocycles. The van der Waals surface area contributed by atoms with Crippen LogP contribution >= 0.6 is 11.8 Å². The molecule has 1 aliphatic heterocycles. The molecule has 1 amide bonds. The number of carbonyl (C=O) groups is 2. The van der Waals surface area contributed by atoms with Gasteiger partial charge in [0.2, 0.25) is 5.91 Å². The Morgan fingerprint density at radius 1 is 1.52 bits per heavy atom. The van der Waals surface area contributed by atoms with Crippen molar-refractivity contribution in [1.82, 2.24) is 14.7 Å². The summed E-state index contributed by atoms with van der Waals surface area (Å²) in [6.45, 7) is 2.81. The van der Waals surface area contributed by atoms with E-state index in [0.717, 1.165) is 0 Å². The normalized spacial score (nSPS) is 18.0. The number of hydrogen-bond donors (Lipinski definition) is 1. The van der Waals surface area contributed by atoms with Crippen LogP contribution in [-0.2, 0) is 16.1 Å². The van der Waals surface area contributed by atoms with Gasteiger partial charge in [0, 0.05) is 5.75 Å². The minimum absolute atomic E-state index is 0.117. The molecule has 0 radical (unpaired) electrons. The van der Waals surface area contributed by atoms with Crippen LogP contribution in [0.25, 0.3) is 0 Å². The Balaban J connectivity index is 2.19. The van der Waals surface area contributed by atoms with Crippen molar-refractivity contribution in [3.05, 3.63) is 21.5 Å². The topological polar surface area (TPSA) is 119 Å². The Bertz CT molecular complexity index is 614. The summed E-state index contributed by atoms with van der Waals surface area (Å²) < 4.78 is 1.25. The van der Waals surface area contributed by atoms with Crippen LogP contribution in [0.2, 0.25) is 0 Å². The average Bonchev–Trinajstić information content (AvgIpc) is 2.95. The Morgan fingerprint density at radius 2 is 2.19 bits per heavy atom. The molecular weight excluding hydrogens is 300 g/mol. The zero-order chi connectivity index (χ0) is 15.7. The van der Waals surface area contributed by atoms with Gasteiger partial charge in [0.15, 0.2) is 0 Å². The molecule has 21 heavy (non-hydrogen) atoms. The summed E-state index contributed by atoms with van der Waals surface area (Å²) >= 11 is 1.36. The second kappa shape index (κ2) is 5.72. The minimum Gasteiger partial charge on any atom is -0.480 e. The summed E-state index contributed by atoms with van der Waals surface area (Å²) in [7, 11) is 0.